The van der Waals surface area contributed by atoms with Crippen LogP contribution in [0.2, 0.25) is 0 Å². The Bertz CT molecular complexity index is 1350. The summed E-state index contributed by atoms with van der Waals surface area (Å²) in [6.07, 6.45) is -26.2. The van der Waals surface area contributed by atoms with Crippen LogP contribution in [0.3, 0.4) is 0 Å². The molecule has 52 heavy (non-hydrogen) atoms. The van der Waals surface area contributed by atoms with Crippen molar-refractivity contribution in [2.24, 2.45) is 0 Å². The van der Waals surface area contributed by atoms with Crippen molar-refractivity contribution in [2.75, 3.05) is 33.5 Å². The highest BCUT2D eigenvalue weighted by atomic mass is 16.8. The van der Waals surface area contributed by atoms with Crippen molar-refractivity contribution in [1.29, 1.82) is 0 Å². The summed E-state index contributed by atoms with van der Waals surface area (Å²) in [4.78, 5) is 12.3. The highest BCUT2D eigenvalue weighted by Gasteiger charge is 2.53. The molecule has 4 fully saturated rings. The van der Waals surface area contributed by atoms with Gasteiger partial charge in [0.1, 0.15) is 86.0 Å². The van der Waals surface area contributed by atoms with Crippen molar-refractivity contribution in [2.45, 2.75) is 105 Å². The summed E-state index contributed by atoms with van der Waals surface area (Å²) in [7, 11) is 1.36. The fourth-order valence-corrected chi connectivity index (χ4v) is 5.90. The van der Waals surface area contributed by atoms with Crippen molar-refractivity contribution >= 4 is 12.0 Å². The van der Waals surface area contributed by atoms with Crippen LogP contribution in [0.4, 0.5) is 0 Å². The highest BCUT2D eigenvalue weighted by molar-refractivity contribution is 5.87. The average molecular weight is 753 g/mol. The number of phenols is 1. The lowest BCUT2D eigenvalue weighted by Crippen LogP contribution is -2.65. The lowest BCUT2D eigenvalue weighted by atomic mass is 9.97. The number of hydrogen-bond acceptors (Lipinski definition) is 21. The first-order valence-corrected chi connectivity index (χ1v) is 16.2. The second-order valence-electron chi connectivity index (χ2n) is 12.5. The Morgan fingerprint density at radius 2 is 1.38 bits per heavy atom. The van der Waals surface area contributed by atoms with Crippen LogP contribution in [-0.2, 0) is 42.7 Å². The molecule has 4 aliphatic rings. The Balaban J connectivity index is 1.22. The van der Waals surface area contributed by atoms with Crippen molar-refractivity contribution in [3.63, 3.8) is 0 Å². The Hall–Kier alpha value is -2.65. The molecule has 5 rings (SSSR count). The third-order valence-corrected chi connectivity index (χ3v) is 8.90. The predicted octanol–water partition coefficient (Wildman–Crippen LogP) is -5.85. The minimum absolute atomic E-state index is 0.0996. The number of rotatable bonds is 12. The van der Waals surface area contributed by atoms with Crippen molar-refractivity contribution in [1.82, 2.24) is 0 Å². The molecule has 4 aliphatic heterocycles. The minimum Gasteiger partial charge on any atom is -0.504 e. The van der Waals surface area contributed by atoms with Gasteiger partial charge in [-0.25, -0.2) is 4.79 Å². The van der Waals surface area contributed by atoms with E-state index in [1.54, 1.807) is 0 Å². The number of esters is 1. The summed E-state index contributed by atoms with van der Waals surface area (Å²) in [5.41, 5.74) is 0.499. The normalized spacial score (nSPS) is 42.7. The van der Waals surface area contributed by atoms with Crippen LogP contribution >= 0.6 is 0 Å². The largest absolute Gasteiger partial charge is 0.504 e. The van der Waals surface area contributed by atoms with E-state index in [-0.39, 0.29) is 11.5 Å². The number of ether oxygens (including phenoxy) is 9. The number of benzene rings is 1. The molecule has 0 amide bonds. The van der Waals surface area contributed by atoms with Crippen LogP contribution in [0, 0.1) is 0 Å². The van der Waals surface area contributed by atoms with Gasteiger partial charge in [0.05, 0.1) is 26.9 Å². The molecule has 0 bridgehead atoms. The van der Waals surface area contributed by atoms with E-state index in [4.69, 9.17) is 42.6 Å². The number of aliphatic hydroxyl groups is 10. The molecule has 21 heteroatoms. The van der Waals surface area contributed by atoms with Gasteiger partial charge in [-0.3, -0.25) is 0 Å². The van der Waals surface area contributed by atoms with Crippen molar-refractivity contribution < 1.29 is 104 Å². The number of aromatic hydroxyl groups is 1. The van der Waals surface area contributed by atoms with Gasteiger partial charge in [0.25, 0.3) is 0 Å². The Labute approximate surface area is 295 Å². The monoisotopic (exact) mass is 752 g/mol. The highest BCUT2D eigenvalue weighted by Crippen LogP contribution is 2.33. The van der Waals surface area contributed by atoms with E-state index in [1.807, 2.05) is 0 Å². The van der Waals surface area contributed by atoms with Gasteiger partial charge in [0, 0.05) is 6.08 Å². The Morgan fingerprint density at radius 3 is 2.08 bits per heavy atom. The number of carbonyl (C=O) groups excluding carboxylic acids is 1. The molecule has 17 atom stereocenters. The molecule has 1 aromatic rings. The second kappa shape index (κ2) is 17.7. The van der Waals surface area contributed by atoms with Gasteiger partial charge in [-0.1, -0.05) is 6.07 Å². The Morgan fingerprint density at radius 1 is 0.750 bits per heavy atom. The molecule has 4 saturated heterocycles. The maximum Gasteiger partial charge on any atom is 0.330 e. The number of hydrogen-bond donors (Lipinski definition) is 11. The second-order valence-corrected chi connectivity index (χ2v) is 12.5. The summed E-state index contributed by atoms with van der Waals surface area (Å²) >= 11 is 0. The summed E-state index contributed by atoms with van der Waals surface area (Å²) in [6.45, 7) is -2.38. The number of aliphatic hydroxyl groups excluding tert-OH is 10. The molecule has 0 saturated carbocycles. The van der Waals surface area contributed by atoms with E-state index in [0.717, 1.165) is 6.08 Å². The first-order valence-electron chi connectivity index (χ1n) is 16.2. The first-order chi connectivity index (χ1) is 24.7. The van der Waals surface area contributed by atoms with E-state index in [9.17, 15) is 61.0 Å². The number of methoxy groups -OCH3 is 1. The molecule has 0 unspecified atom stereocenters. The minimum atomic E-state index is -1.96. The van der Waals surface area contributed by atoms with Crippen molar-refractivity contribution in [3.05, 3.63) is 29.8 Å². The molecule has 0 aromatic heterocycles. The fraction of sp³-hybridized carbons (Fsp3) is 0.710. The summed E-state index contributed by atoms with van der Waals surface area (Å²) < 4.78 is 48.6. The molecule has 4 heterocycles. The smallest absolute Gasteiger partial charge is 0.330 e. The molecule has 1 aromatic carbocycles. The SMILES string of the molecule is COc1cc(/C=C/C(=O)OC[C@@H]2O[C@@H](O)[C@H](O[C@@H]3OC[C@@H](O)[C@H](O)[C@H]3O[C@@H]3O[C@@H](CO)[C@@H](O)[C@@H](O[C@H]4OC[C@@H](O)[C@H](O)[C@H]4O)[C@@H]3O)[C@@H]2O)ccc1O. The standard InChI is InChI=1S/C31H44O21/c1-44-15-6-11(2-4-12(15)33)3-5-18(36)45-10-17-22(40)26(28(43)48-17)51-31-27(20(38)14(35)9-47-31)52-30-24(42)25(21(39)16(7-32)49-30)50-29-23(41)19(37)13(34)8-46-29/h2-6,13-14,16-17,19-35,37-43H,7-10H2,1H3/b5-3+/t13-,14-,16+,17+,19+,20+,21-,22-,23-,24+,25-,26-,27-,28-,29-,30+,31+/m1/s1. The maximum atomic E-state index is 12.3. The van der Waals surface area contributed by atoms with Crippen LogP contribution in [-0.4, -0.2) is 200 Å². The van der Waals surface area contributed by atoms with Crippen LogP contribution in [0.1, 0.15) is 5.56 Å². The van der Waals surface area contributed by atoms with Gasteiger partial charge in [-0.2, -0.15) is 0 Å². The molecule has 0 radical (unpaired) electrons. The van der Waals surface area contributed by atoms with Gasteiger partial charge >= 0.3 is 5.97 Å². The molecular weight excluding hydrogens is 708 g/mol. The van der Waals surface area contributed by atoms with E-state index >= 15 is 0 Å². The predicted molar refractivity (Wildman–Crippen MR) is 163 cm³/mol. The first kappa shape index (κ1) is 40.5. The summed E-state index contributed by atoms with van der Waals surface area (Å²) in [5.74, 6) is -0.768. The van der Waals surface area contributed by atoms with Gasteiger partial charge in [-0.15, -0.1) is 0 Å². The topological polar surface area (TPSA) is 323 Å². The molecule has 11 N–H and O–H groups in total. The van der Waals surface area contributed by atoms with E-state index in [0.29, 0.717) is 5.56 Å². The van der Waals surface area contributed by atoms with Crippen LogP contribution < -0.4 is 4.74 Å². The summed E-state index contributed by atoms with van der Waals surface area (Å²) in [5, 5.41) is 114. The third kappa shape index (κ3) is 8.99. The summed E-state index contributed by atoms with van der Waals surface area (Å²) in [6, 6.07) is 4.35. The van der Waals surface area contributed by atoms with E-state index < -0.39 is 137 Å². The molecule has 21 nitrogen and oxygen atoms in total. The zero-order valence-corrected chi connectivity index (χ0v) is 27.5. The quantitative estimate of drug-likeness (QED) is 0.0699. The lowest BCUT2D eigenvalue weighted by Gasteiger charge is -2.47. The zero-order chi connectivity index (χ0) is 37.9. The van der Waals surface area contributed by atoms with E-state index in [1.165, 1.54) is 31.4 Å². The third-order valence-electron chi connectivity index (χ3n) is 8.90. The number of phenolic OH excluding ortho intramolecular Hbond substituents is 1. The van der Waals surface area contributed by atoms with Gasteiger partial charge < -0.3 is 98.8 Å². The van der Waals surface area contributed by atoms with Crippen LogP contribution in [0.25, 0.3) is 6.08 Å². The average Bonchev–Trinajstić information content (AvgIpc) is 3.39. The maximum absolute atomic E-state index is 12.3. The molecular formula is C31H44O21. The van der Waals surface area contributed by atoms with Gasteiger partial charge in [0.2, 0.25) is 0 Å². The van der Waals surface area contributed by atoms with Crippen LogP contribution in [0.15, 0.2) is 24.3 Å². The lowest BCUT2D eigenvalue weighted by molar-refractivity contribution is -0.380. The fourth-order valence-electron chi connectivity index (χ4n) is 5.90. The zero-order valence-electron chi connectivity index (χ0n) is 27.5. The van der Waals surface area contributed by atoms with Gasteiger partial charge in [0.15, 0.2) is 36.7 Å². The van der Waals surface area contributed by atoms with Crippen LogP contribution in [0.5, 0.6) is 11.5 Å². The van der Waals surface area contributed by atoms with Gasteiger partial charge in [-0.05, 0) is 23.8 Å². The molecule has 0 spiro atoms. The number of carbonyl (C=O) groups is 1. The Kier molecular flexibility index (Phi) is 13.8. The van der Waals surface area contributed by atoms with Crippen molar-refractivity contribution in [3.8, 4) is 11.5 Å². The van der Waals surface area contributed by atoms with E-state index in [2.05, 4.69) is 0 Å². The molecule has 0 aliphatic carbocycles. The molecule has 294 valence electrons.